The molecule has 1 aromatic carbocycles. The van der Waals surface area contributed by atoms with Crippen LogP contribution in [-0.2, 0) is 0 Å². The summed E-state index contributed by atoms with van der Waals surface area (Å²) >= 11 is 0. The lowest BCUT2D eigenvalue weighted by molar-refractivity contribution is 0.412. The summed E-state index contributed by atoms with van der Waals surface area (Å²) in [4.78, 5) is 0. The summed E-state index contributed by atoms with van der Waals surface area (Å²) in [7, 11) is -1.72. The Kier molecular flexibility index (Phi) is 4.60. The third kappa shape index (κ3) is 3.64. The molecule has 2 nitrogen and oxygen atoms in total. The van der Waals surface area contributed by atoms with Crippen molar-refractivity contribution in [1.82, 2.24) is 5.32 Å². The maximum absolute atomic E-state index is 6.33. The number of nitrogens with one attached hydrogen (secondary N) is 1. The molecule has 20 heavy (non-hydrogen) atoms. The molecule has 1 N–H and O–H groups in total. The number of piperidine rings is 1. The van der Waals surface area contributed by atoms with E-state index < -0.39 is 8.32 Å². The lowest BCUT2D eigenvalue weighted by Gasteiger charge is -2.36. The topological polar surface area (TPSA) is 21.3 Å². The molecule has 1 fully saturated rings. The second-order valence-corrected chi connectivity index (χ2v) is 12.2. The molecule has 1 unspecified atom stereocenters. The summed E-state index contributed by atoms with van der Waals surface area (Å²) in [5.41, 5.74) is 1.40. The van der Waals surface area contributed by atoms with Gasteiger partial charge in [-0.1, -0.05) is 39.3 Å². The summed E-state index contributed by atoms with van der Waals surface area (Å²) in [6.45, 7) is 12.6. The van der Waals surface area contributed by atoms with Crippen molar-refractivity contribution in [2.45, 2.75) is 64.2 Å². The number of hydrogen-bond donors (Lipinski definition) is 1. The van der Waals surface area contributed by atoms with Crippen molar-refractivity contribution < 1.29 is 4.43 Å². The van der Waals surface area contributed by atoms with Gasteiger partial charge in [-0.05, 0) is 55.2 Å². The van der Waals surface area contributed by atoms with Gasteiger partial charge in [0, 0.05) is 6.04 Å². The first-order valence-electron chi connectivity index (χ1n) is 7.82. The van der Waals surface area contributed by atoms with E-state index in [1.165, 1.54) is 24.8 Å². The molecule has 1 saturated heterocycles. The van der Waals surface area contributed by atoms with Crippen LogP contribution in [0.5, 0.6) is 5.75 Å². The van der Waals surface area contributed by atoms with Gasteiger partial charge in [-0.15, -0.1) is 0 Å². The normalized spacial score (nSPS) is 20.8. The van der Waals surface area contributed by atoms with E-state index in [-0.39, 0.29) is 5.04 Å². The molecule has 0 aromatic heterocycles. The Balaban J connectivity index is 2.05. The summed E-state index contributed by atoms with van der Waals surface area (Å²) in [5.74, 6) is 1.02. The van der Waals surface area contributed by atoms with Gasteiger partial charge in [0.2, 0.25) is 8.32 Å². The minimum atomic E-state index is -1.72. The van der Waals surface area contributed by atoms with Crippen molar-refractivity contribution in [3.63, 3.8) is 0 Å². The molecule has 3 heteroatoms. The smallest absolute Gasteiger partial charge is 0.250 e. The fourth-order valence-electron chi connectivity index (χ4n) is 2.35. The third-order valence-corrected chi connectivity index (χ3v) is 9.13. The van der Waals surface area contributed by atoms with Gasteiger partial charge in [0.05, 0.1) is 0 Å². The molecular formula is C17H29NOSi. The van der Waals surface area contributed by atoms with Crippen molar-refractivity contribution in [1.29, 1.82) is 0 Å². The molecule has 2 rings (SSSR count). The highest BCUT2D eigenvalue weighted by Crippen LogP contribution is 2.37. The first kappa shape index (κ1) is 15.6. The Labute approximate surface area is 125 Å². The number of rotatable bonds is 3. The summed E-state index contributed by atoms with van der Waals surface area (Å²) in [5, 5.41) is 3.84. The Morgan fingerprint density at radius 2 is 1.75 bits per heavy atom. The molecule has 1 atom stereocenters. The molecule has 1 aliphatic rings. The standard InChI is InChI=1S/C17H29NOSi/c1-17(2,3)20(4,5)19-15-11-9-14(10-12-15)16-8-6-7-13-18-16/h9-12,16,18H,6-8,13H2,1-5H3. The van der Waals surface area contributed by atoms with Crippen LogP contribution in [0.4, 0.5) is 0 Å². The molecule has 0 saturated carbocycles. The number of benzene rings is 1. The van der Waals surface area contributed by atoms with Crippen molar-refractivity contribution >= 4 is 8.32 Å². The van der Waals surface area contributed by atoms with Crippen LogP contribution in [0.3, 0.4) is 0 Å². The van der Waals surface area contributed by atoms with Gasteiger partial charge in [0.1, 0.15) is 5.75 Å². The molecule has 0 spiro atoms. The predicted octanol–water partition coefficient (Wildman–Crippen LogP) is 4.89. The zero-order valence-corrected chi connectivity index (χ0v) is 14.6. The molecule has 0 radical (unpaired) electrons. The van der Waals surface area contributed by atoms with Crippen molar-refractivity contribution in [2.75, 3.05) is 6.54 Å². The molecule has 1 aliphatic heterocycles. The average Bonchev–Trinajstić information content (AvgIpc) is 2.39. The van der Waals surface area contributed by atoms with Crippen LogP contribution >= 0.6 is 0 Å². The molecule has 0 aliphatic carbocycles. The van der Waals surface area contributed by atoms with Gasteiger partial charge in [0.15, 0.2) is 0 Å². The minimum Gasteiger partial charge on any atom is -0.544 e. The van der Waals surface area contributed by atoms with E-state index in [9.17, 15) is 0 Å². The highest BCUT2D eigenvalue weighted by molar-refractivity contribution is 6.74. The van der Waals surface area contributed by atoms with Crippen LogP contribution < -0.4 is 9.74 Å². The van der Waals surface area contributed by atoms with Gasteiger partial charge < -0.3 is 9.74 Å². The van der Waals surface area contributed by atoms with E-state index in [1.807, 2.05) is 0 Å². The molecule has 0 amide bonds. The lowest BCUT2D eigenvalue weighted by atomic mass is 9.98. The predicted molar refractivity (Wildman–Crippen MR) is 88.9 cm³/mol. The second kappa shape index (κ2) is 5.90. The fourth-order valence-corrected chi connectivity index (χ4v) is 3.38. The summed E-state index contributed by atoms with van der Waals surface area (Å²) < 4.78 is 6.33. The van der Waals surface area contributed by atoms with Crippen molar-refractivity contribution in [3.05, 3.63) is 29.8 Å². The highest BCUT2D eigenvalue weighted by atomic mass is 28.4. The monoisotopic (exact) mass is 291 g/mol. The molecular weight excluding hydrogens is 262 g/mol. The molecule has 1 heterocycles. The zero-order valence-electron chi connectivity index (χ0n) is 13.6. The maximum Gasteiger partial charge on any atom is 0.250 e. The van der Waals surface area contributed by atoms with Crippen LogP contribution in [0.2, 0.25) is 18.1 Å². The van der Waals surface area contributed by atoms with E-state index >= 15 is 0 Å². The van der Waals surface area contributed by atoms with Gasteiger partial charge in [-0.2, -0.15) is 0 Å². The molecule has 0 bridgehead atoms. The van der Waals surface area contributed by atoms with Crippen LogP contribution in [0.15, 0.2) is 24.3 Å². The first-order valence-corrected chi connectivity index (χ1v) is 10.7. The van der Waals surface area contributed by atoms with Crippen molar-refractivity contribution in [3.8, 4) is 5.75 Å². The van der Waals surface area contributed by atoms with Gasteiger partial charge >= 0.3 is 0 Å². The van der Waals surface area contributed by atoms with Crippen LogP contribution in [0.25, 0.3) is 0 Å². The Hall–Kier alpha value is -0.803. The molecule has 1 aromatic rings. The Bertz CT molecular complexity index is 427. The van der Waals surface area contributed by atoms with Gasteiger partial charge in [-0.3, -0.25) is 0 Å². The van der Waals surface area contributed by atoms with E-state index in [2.05, 4.69) is 63.4 Å². The molecule has 112 valence electrons. The maximum atomic E-state index is 6.33. The van der Waals surface area contributed by atoms with Gasteiger partial charge in [0.25, 0.3) is 0 Å². The second-order valence-electron chi connectivity index (χ2n) is 7.43. The van der Waals surface area contributed by atoms with Crippen LogP contribution in [0, 0.1) is 0 Å². The minimum absolute atomic E-state index is 0.247. The number of hydrogen-bond acceptors (Lipinski definition) is 2. The highest BCUT2D eigenvalue weighted by Gasteiger charge is 2.38. The largest absolute Gasteiger partial charge is 0.544 e. The summed E-state index contributed by atoms with van der Waals surface area (Å²) in [6.07, 6.45) is 3.89. The third-order valence-electron chi connectivity index (χ3n) is 4.77. The Morgan fingerprint density at radius 1 is 1.10 bits per heavy atom. The van der Waals surface area contributed by atoms with Crippen molar-refractivity contribution in [2.24, 2.45) is 0 Å². The van der Waals surface area contributed by atoms with E-state index in [1.54, 1.807) is 0 Å². The van der Waals surface area contributed by atoms with E-state index in [0.717, 1.165) is 12.3 Å². The SMILES string of the molecule is CC(C)(C)[Si](C)(C)Oc1ccc(C2CCCCN2)cc1. The summed E-state index contributed by atoms with van der Waals surface area (Å²) in [6, 6.07) is 9.28. The fraction of sp³-hybridized carbons (Fsp3) is 0.647. The van der Waals surface area contributed by atoms with E-state index in [4.69, 9.17) is 4.43 Å². The van der Waals surface area contributed by atoms with Crippen LogP contribution in [-0.4, -0.2) is 14.9 Å². The average molecular weight is 292 g/mol. The van der Waals surface area contributed by atoms with E-state index in [0.29, 0.717) is 6.04 Å². The zero-order chi connectivity index (χ0) is 14.8. The lowest BCUT2D eigenvalue weighted by Crippen LogP contribution is -2.43. The first-order chi connectivity index (χ1) is 9.29. The van der Waals surface area contributed by atoms with Gasteiger partial charge in [-0.25, -0.2) is 0 Å². The quantitative estimate of drug-likeness (QED) is 0.801. The Morgan fingerprint density at radius 3 is 2.25 bits per heavy atom. The van der Waals surface area contributed by atoms with Crippen LogP contribution in [0.1, 0.15) is 51.6 Å².